The van der Waals surface area contributed by atoms with Crippen molar-refractivity contribution < 1.29 is 4.74 Å². The Labute approximate surface area is 75.4 Å². The fourth-order valence-electron chi connectivity index (χ4n) is 0.939. The zero-order valence-corrected chi connectivity index (χ0v) is 7.60. The minimum atomic E-state index is -0.218. The SMILES string of the molecule is COc1ccsc1[C@H](N)CC#N. The second kappa shape index (κ2) is 4.10. The smallest absolute Gasteiger partial charge is 0.134 e. The van der Waals surface area contributed by atoms with Crippen molar-refractivity contribution in [3.63, 3.8) is 0 Å². The number of thiophene rings is 1. The average molecular weight is 182 g/mol. The van der Waals surface area contributed by atoms with E-state index >= 15 is 0 Å². The number of hydrogen-bond acceptors (Lipinski definition) is 4. The molecule has 0 fully saturated rings. The molecule has 1 heterocycles. The summed E-state index contributed by atoms with van der Waals surface area (Å²) in [5, 5.41) is 10.3. The molecule has 0 amide bonds. The maximum atomic E-state index is 8.43. The molecule has 0 radical (unpaired) electrons. The highest BCUT2D eigenvalue weighted by molar-refractivity contribution is 7.10. The van der Waals surface area contributed by atoms with Crippen LogP contribution in [-0.2, 0) is 0 Å². The van der Waals surface area contributed by atoms with Gasteiger partial charge in [0.1, 0.15) is 5.75 Å². The molecule has 0 aliphatic carbocycles. The first-order valence-corrected chi connectivity index (χ1v) is 4.41. The van der Waals surface area contributed by atoms with E-state index in [-0.39, 0.29) is 6.04 Å². The number of hydrogen-bond donors (Lipinski definition) is 1. The molecule has 0 aromatic carbocycles. The van der Waals surface area contributed by atoms with E-state index in [1.54, 1.807) is 7.11 Å². The lowest BCUT2D eigenvalue weighted by molar-refractivity contribution is 0.409. The van der Waals surface area contributed by atoms with Crippen LogP contribution in [0.1, 0.15) is 17.3 Å². The van der Waals surface area contributed by atoms with E-state index in [0.717, 1.165) is 10.6 Å². The van der Waals surface area contributed by atoms with E-state index in [4.69, 9.17) is 15.7 Å². The molecule has 0 spiro atoms. The predicted molar refractivity (Wildman–Crippen MR) is 48.0 cm³/mol. The monoisotopic (exact) mass is 182 g/mol. The van der Waals surface area contributed by atoms with Crippen LogP contribution in [0.5, 0.6) is 5.75 Å². The van der Waals surface area contributed by atoms with Gasteiger partial charge in [-0.1, -0.05) is 0 Å². The quantitative estimate of drug-likeness (QED) is 0.773. The van der Waals surface area contributed by atoms with Crippen molar-refractivity contribution in [2.24, 2.45) is 5.73 Å². The van der Waals surface area contributed by atoms with Crippen LogP contribution in [-0.4, -0.2) is 7.11 Å². The zero-order valence-electron chi connectivity index (χ0n) is 6.78. The lowest BCUT2D eigenvalue weighted by atomic mass is 10.2. The molecule has 0 bridgehead atoms. The van der Waals surface area contributed by atoms with Gasteiger partial charge in [-0.15, -0.1) is 11.3 Å². The molecule has 0 saturated carbocycles. The van der Waals surface area contributed by atoms with Gasteiger partial charge in [0.15, 0.2) is 0 Å². The van der Waals surface area contributed by atoms with E-state index in [1.165, 1.54) is 11.3 Å². The minimum absolute atomic E-state index is 0.218. The van der Waals surface area contributed by atoms with Gasteiger partial charge in [0.2, 0.25) is 0 Å². The Kier molecular flexibility index (Phi) is 3.09. The first-order chi connectivity index (χ1) is 5.79. The van der Waals surface area contributed by atoms with Crippen molar-refractivity contribution in [1.29, 1.82) is 5.26 Å². The molecule has 0 unspecified atom stereocenters. The van der Waals surface area contributed by atoms with Gasteiger partial charge in [-0.05, 0) is 11.4 Å². The molecule has 3 nitrogen and oxygen atoms in total. The van der Waals surface area contributed by atoms with Gasteiger partial charge in [-0.2, -0.15) is 5.26 Å². The van der Waals surface area contributed by atoms with Gasteiger partial charge >= 0.3 is 0 Å². The lowest BCUT2D eigenvalue weighted by Crippen LogP contribution is -2.08. The van der Waals surface area contributed by atoms with Crippen molar-refractivity contribution in [1.82, 2.24) is 0 Å². The van der Waals surface area contributed by atoms with Gasteiger partial charge in [0, 0.05) is 0 Å². The summed E-state index contributed by atoms with van der Waals surface area (Å²) in [6.45, 7) is 0. The lowest BCUT2D eigenvalue weighted by Gasteiger charge is -2.06. The molecular weight excluding hydrogens is 172 g/mol. The topological polar surface area (TPSA) is 59.0 Å². The van der Waals surface area contributed by atoms with E-state index in [0.29, 0.717) is 6.42 Å². The maximum absolute atomic E-state index is 8.43. The maximum Gasteiger partial charge on any atom is 0.134 e. The Morgan fingerprint density at radius 3 is 3.17 bits per heavy atom. The van der Waals surface area contributed by atoms with Gasteiger partial charge in [-0.3, -0.25) is 0 Å². The van der Waals surface area contributed by atoms with Crippen molar-refractivity contribution in [3.05, 3.63) is 16.3 Å². The third-order valence-electron chi connectivity index (χ3n) is 1.53. The van der Waals surface area contributed by atoms with Crippen molar-refractivity contribution in [3.8, 4) is 11.8 Å². The summed E-state index contributed by atoms with van der Waals surface area (Å²) in [5.41, 5.74) is 5.73. The van der Waals surface area contributed by atoms with Gasteiger partial charge < -0.3 is 10.5 Å². The Morgan fingerprint density at radius 1 is 1.83 bits per heavy atom. The van der Waals surface area contributed by atoms with E-state index in [2.05, 4.69) is 0 Å². The average Bonchev–Trinajstić information content (AvgIpc) is 2.51. The highest BCUT2D eigenvalue weighted by Gasteiger charge is 2.12. The summed E-state index contributed by atoms with van der Waals surface area (Å²) in [6.07, 6.45) is 0.330. The molecule has 1 aromatic rings. The molecule has 1 rings (SSSR count). The normalized spacial score (nSPS) is 12.1. The third kappa shape index (κ3) is 1.76. The molecule has 64 valence electrons. The summed E-state index contributed by atoms with van der Waals surface area (Å²) in [6, 6.07) is 3.67. The predicted octanol–water partition coefficient (Wildman–Crippen LogP) is 1.67. The molecule has 12 heavy (non-hydrogen) atoms. The van der Waals surface area contributed by atoms with Crippen molar-refractivity contribution >= 4 is 11.3 Å². The fourth-order valence-corrected chi connectivity index (χ4v) is 1.80. The highest BCUT2D eigenvalue weighted by atomic mass is 32.1. The standard InChI is InChI=1S/C8H10N2OS/c1-11-7-3-5-12-8(7)6(10)2-4-9/h3,5-6H,2,10H2,1H3/t6-/m1/s1. The Bertz CT molecular complexity index is 289. The molecule has 2 N–H and O–H groups in total. The van der Waals surface area contributed by atoms with E-state index in [1.807, 2.05) is 17.5 Å². The van der Waals surface area contributed by atoms with Crippen molar-refractivity contribution in [2.45, 2.75) is 12.5 Å². The van der Waals surface area contributed by atoms with E-state index < -0.39 is 0 Å². The van der Waals surface area contributed by atoms with Gasteiger partial charge in [0.25, 0.3) is 0 Å². The number of methoxy groups -OCH3 is 1. The molecular formula is C8H10N2OS. The van der Waals surface area contributed by atoms with Crippen LogP contribution in [0, 0.1) is 11.3 Å². The first kappa shape index (κ1) is 9.04. The van der Waals surface area contributed by atoms with Crippen LogP contribution in [0.3, 0.4) is 0 Å². The Morgan fingerprint density at radius 2 is 2.58 bits per heavy atom. The van der Waals surface area contributed by atoms with Crippen LogP contribution in [0.15, 0.2) is 11.4 Å². The molecule has 4 heteroatoms. The number of nitrogens with zero attached hydrogens (tertiary/aromatic N) is 1. The summed E-state index contributed by atoms with van der Waals surface area (Å²) in [5.74, 6) is 0.780. The number of nitriles is 1. The number of rotatable bonds is 3. The second-order valence-corrected chi connectivity index (χ2v) is 3.27. The Hall–Kier alpha value is -1.05. The summed E-state index contributed by atoms with van der Waals surface area (Å²) >= 11 is 1.52. The van der Waals surface area contributed by atoms with Crippen LogP contribution >= 0.6 is 11.3 Å². The molecule has 0 aliphatic heterocycles. The molecule has 1 atom stereocenters. The van der Waals surface area contributed by atoms with Crippen LogP contribution in [0.2, 0.25) is 0 Å². The largest absolute Gasteiger partial charge is 0.496 e. The highest BCUT2D eigenvalue weighted by Crippen LogP contribution is 2.30. The molecule has 0 aliphatic rings. The van der Waals surface area contributed by atoms with Crippen LogP contribution in [0.25, 0.3) is 0 Å². The zero-order chi connectivity index (χ0) is 8.97. The van der Waals surface area contributed by atoms with Gasteiger partial charge in [-0.25, -0.2) is 0 Å². The number of ether oxygens (including phenoxy) is 1. The molecule has 0 saturated heterocycles. The fraction of sp³-hybridized carbons (Fsp3) is 0.375. The summed E-state index contributed by atoms with van der Waals surface area (Å²) in [4.78, 5) is 0.944. The summed E-state index contributed by atoms with van der Waals surface area (Å²) in [7, 11) is 1.60. The second-order valence-electron chi connectivity index (χ2n) is 2.32. The summed E-state index contributed by atoms with van der Waals surface area (Å²) < 4.78 is 5.07. The molecule has 1 aromatic heterocycles. The Balaban J connectivity index is 2.80. The minimum Gasteiger partial charge on any atom is -0.496 e. The van der Waals surface area contributed by atoms with Crippen molar-refractivity contribution in [2.75, 3.05) is 7.11 Å². The third-order valence-corrected chi connectivity index (χ3v) is 2.56. The van der Waals surface area contributed by atoms with Crippen LogP contribution in [0.4, 0.5) is 0 Å². The van der Waals surface area contributed by atoms with Gasteiger partial charge in [0.05, 0.1) is 30.5 Å². The van der Waals surface area contributed by atoms with E-state index in [9.17, 15) is 0 Å². The first-order valence-electron chi connectivity index (χ1n) is 3.53. The number of nitrogens with two attached hydrogens (primary N) is 1. The van der Waals surface area contributed by atoms with Crippen LogP contribution < -0.4 is 10.5 Å².